The third-order valence-corrected chi connectivity index (χ3v) is 3.80. The predicted octanol–water partition coefficient (Wildman–Crippen LogP) is 5.73. The van der Waals surface area contributed by atoms with Crippen LogP contribution in [0, 0.1) is 5.92 Å². The second-order valence-electron chi connectivity index (χ2n) is 6.04. The highest BCUT2D eigenvalue weighted by Gasteiger charge is 2.12. The Kier molecular flexibility index (Phi) is 6.92. The largest absolute Gasteiger partial charge is 0.493 e. The summed E-state index contributed by atoms with van der Waals surface area (Å²) in [7, 11) is 0. The highest BCUT2D eigenvalue weighted by atomic mass is 79.9. The normalized spacial score (nSPS) is 13.1. The molecule has 1 aromatic carbocycles. The summed E-state index contributed by atoms with van der Waals surface area (Å²) in [5.74, 6) is 2.71. The highest BCUT2D eigenvalue weighted by Crippen LogP contribution is 2.31. The molecule has 0 spiro atoms. The van der Waals surface area contributed by atoms with Gasteiger partial charge in [0.15, 0.2) is 0 Å². The number of ether oxygens (including phenoxy) is 1. The fraction of sp³-hybridized carbons (Fsp3) is 0.647. The van der Waals surface area contributed by atoms with E-state index < -0.39 is 0 Å². The van der Waals surface area contributed by atoms with Crippen molar-refractivity contribution in [2.75, 3.05) is 11.9 Å². The van der Waals surface area contributed by atoms with Gasteiger partial charge in [-0.05, 0) is 41.4 Å². The van der Waals surface area contributed by atoms with Gasteiger partial charge in [-0.3, -0.25) is 0 Å². The van der Waals surface area contributed by atoms with Gasteiger partial charge in [0, 0.05) is 5.33 Å². The summed E-state index contributed by atoms with van der Waals surface area (Å²) in [6.07, 6.45) is 1.17. The van der Waals surface area contributed by atoms with Gasteiger partial charge < -0.3 is 4.74 Å². The summed E-state index contributed by atoms with van der Waals surface area (Å²) in [6.45, 7) is 11.9. The third kappa shape index (κ3) is 5.18. The molecule has 108 valence electrons. The Bertz CT molecular complexity index is 385. The molecule has 0 aliphatic heterocycles. The van der Waals surface area contributed by atoms with E-state index in [-0.39, 0.29) is 0 Å². The first-order chi connectivity index (χ1) is 8.95. The van der Waals surface area contributed by atoms with Crippen LogP contribution in [0.4, 0.5) is 0 Å². The molecule has 19 heavy (non-hydrogen) atoms. The second-order valence-corrected chi connectivity index (χ2v) is 6.83. The van der Waals surface area contributed by atoms with Crippen LogP contribution in [0.25, 0.3) is 0 Å². The van der Waals surface area contributed by atoms with E-state index in [1.807, 2.05) is 0 Å². The molecular weight excluding hydrogens is 300 g/mol. The van der Waals surface area contributed by atoms with Crippen LogP contribution in [0.3, 0.4) is 0 Å². The Labute approximate surface area is 126 Å². The number of hydrogen-bond donors (Lipinski definition) is 0. The van der Waals surface area contributed by atoms with Crippen LogP contribution < -0.4 is 4.74 Å². The van der Waals surface area contributed by atoms with E-state index >= 15 is 0 Å². The number of alkyl halides is 1. The van der Waals surface area contributed by atoms with Crippen LogP contribution in [0.1, 0.15) is 64.0 Å². The van der Waals surface area contributed by atoms with E-state index in [0.717, 1.165) is 17.7 Å². The molecule has 1 rings (SSSR count). The van der Waals surface area contributed by atoms with Gasteiger partial charge in [-0.25, -0.2) is 0 Å². The molecule has 1 unspecified atom stereocenters. The summed E-state index contributed by atoms with van der Waals surface area (Å²) < 4.78 is 5.95. The summed E-state index contributed by atoms with van der Waals surface area (Å²) in [6, 6.07) is 6.69. The van der Waals surface area contributed by atoms with E-state index in [1.165, 1.54) is 17.5 Å². The lowest BCUT2D eigenvalue weighted by Crippen LogP contribution is -2.07. The minimum absolute atomic E-state index is 0.498. The zero-order chi connectivity index (χ0) is 14.4. The van der Waals surface area contributed by atoms with Crippen LogP contribution in [-0.4, -0.2) is 11.9 Å². The zero-order valence-corrected chi connectivity index (χ0v) is 14.5. The van der Waals surface area contributed by atoms with Crippen molar-refractivity contribution in [2.45, 2.75) is 52.9 Å². The van der Waals surface area contributed by atoms with E-state index in [1.54, 1.807) is 0 Å². The van der Waals surface area contributed by atoms with Crippen molar-refractivity contribution in [1.82, 2.24) is 0 Å². The number of hydrogen-bond acceptors (Lipinski definition) is 1. The lowest BCUT2D eigenvalue weighted by Gasteiger charge is -2.19. The first-order valence-electron chi connectivity index (χ1n) is 7.28. The zero-order valence-electron chi connectivity index (χ0n) is 12.9. The molecule has 0 bridgehead atoms. The Morgan fingerprint density at radius 2 is 1.79 bits per heavy atom. The molecule has 0 heterocycles. The third-order valence-electron chi connectivity index (χ3n) is 3.34. The maximum atomic E-state index is 5.95. The van der Waals surface area contributed by atoms with Crippen molar-refractivity contribution < 1.29 is 4.74 Å². The van der Waals surface area contributed by atoms with Crippen LogP contribution >= 0.6 is 15.9 Å². The van der Waals surface area contributed by atoms with Crippen molar-refractivity contribution in [1.29, 1.82) is 0 Å². The topological polar surface area (TPSA) is 9.23 Å². The molecule has 0 N–H and O–H groups in total. The van der Waals surface area contributed by atoms with Gasteiger partial charge in [0.2, 0.25) is 0 Å². The molecule has 0 aliphatic rings. The van der Waals surface area contributed by atoms with Crippen molar-refractivity contribution >= 4 is 15.9 Å². The van der Waals surface area contributed by atoms with Gasteiger partial charge in [0.25, 0.3) is 0 Å². The molecule has 0 radical (unpaired) electrons. The summed E-state index contributed by atoms with van der Waals surface area (Å²) in [5, 5.41) is 1.05. The Morgan fingerprint density at radius 1 is 1.11 bits per heavy atom. The van der Waals surface area contributed by atoms with E-state index in [4.69, 9.17) is 4.74 Å². The lowest BCUT2D eigenvalue weighted by molar-refractivity contribution is 0.267. The average Bonchev–Trinajstić information content (AvgIpc) is 2.36. The van der Waals surface area contributed by atoms with Gasteiger partial charge >= 0.3 is 0 Å². The average molecular weight is 327 g/mol. The Hall–Kier alpha value is -0.500. The number of rotatable bonds is 7. The Balaban J connectivity index is 2.94. The second kappa shape index (κ2) is 7.94. The molecule has 1 aromatic rings. The first kappa shape index (κ1) is 16.6. The SMILES string of the molecule is CC(C)COc1ccc(C(C)CCBr)cc1C(C)C. The quantitative estimate of drug-likeness (QED) is 0.581. The molecule has 0 saturated heterocycles. The van der Waals surface area contributed by atoms with Gasteiger partial charge in [-0.2, -0.15) is 0 Å². The molecule has 1 atom stereocenters. The summed E-state index contributed by atoms with van der Waals surface area (Å²) >= 11 is 3.53. The molecular formula is C17H27BrO. The van der Waals surface area contributed by atoms with Crippen LogP contribution in [0.2, 0.25) is 0 Å². The molecule has 0 saturated carbocycles. The molecule has 2 heteroatoms. The van der Waals surface area contributed by atoms with Crippen LogP contribution in [0.15, 0.2) is 18.2 Å². The van der Waals surface area contributed by atoms with Crippen LogP contribution in [-0.2, 0) is 0 Å². The van der Waals surface area contributed by atoms with Crippen molar-refractivity contribution in [3.8, 4) is 5.75 Å². The number of halogens is 1. The first-order valence-corrected chi connectivity index (χ1v) is 8.40. The minimum atomic E-state index is 0.498. The fourth-order valence-electron chi connectivity index (χ4n) is 2.04. The van der Waals surface area contributed by atoms with Gasteiger partial charge in [-0.1, -0.05) is 62.7 Å². The predicted molar refractivity (Wildman–Crippen MR) is 87.7 cm³/mol. The van der Waals surface area contributed by atoms with E-state index in [2.05, 4.69) is 68.7 Å². The van der Waals surface area contributed by atoms with Crippen molar-refractivity contribution in [3.05, 3.63) is 29.3 Å². The summed E-state index contributed by atoms with van der Waals surface area (Å²) in [4.78, 5) is 0. The van der Waals surface area contributed by atoms with E-state index in [9.17, 15) is 0 Å². The summed E-state index contributed by atoms with van der Waals surface area (Å²) in [5.41, 5.74) is 2.75. The van der Waals surface area contributed by atoms with Gasteiger partial charge in [-0.15, -0.1) is 0 Å². The van der Waals surface area contributed by atoms with E-state index in [0.29, 0.717) is 17.8 Å². The molecule has 0 aromatic heterocycles. The molecule has 1 nitrogen and oxygen atoms in total. The van der Waals surface area contributed by atoms with Gasteiger partial charge in [0.05, 0.1) is 6.61 Å². The monoisotopic (exact) mass is 326 g/mol. The fourth-order valence-corrected chi connectivity index (χ4v) is 2.73. The number of benzene rings is 1. The van der Waals surface area contributed by atoms with Crippen molar-refractivity contribution in [3.63, 3.8) is 0 Å². The minimum Gasteiger partial charge on any atom is -0.493 e. The molecule has 0 amide bonds. The molecule has 0 fully saturated rings. The van der Waals surface area contributed by atoms with Crippen LogP contribution in [0.5, 0.6) is 5.75 Å². The van der Waals surface area contributed by atoms with Gasteiger partial charge in [0.1, 0.15) is 5.75 Å². The Morgan fingerprint density at radius 3 is 2.32 bits per heavy atom. The maximum absolute atomic E-state index is 5.95. The maximum Gasteiger partial charge on any atom is 0.122 e. The standard InChI is InChI=1S/C17H27BrO/c1-12(2)11-19-17-7-6-15(14(5)8-9-18)10-16(17)13(3)4/h6-7,10,12-14H,8-9,11H2,1-5H3. The lowest BCUT2D eigenvalue weighted by atomic mass is 9.93. The van der Waals surface area contributed by atoms with Crippen molar-refractivity contribution in [2.24, 2.45) is 5.92 Å². The smallest absolute Gasteiger partial charge is 0.122 e. The highest BCUT2D eigenvalue weighted by molar-refractivity contribution is 9.09. The molecule has 0 aliphatic carbocycles.